The van der Waals surface area contributed by atoms with Gasteiger partial charge in [-0.25, -0.2) is 4.57 Å². The lowest BCUT2D eigenvalue weighted by Crippen LogP contribution is -2.32. The van der Waals surface area contributed by atoms with E-state index < -0.39 is 0 Å². The van der Waals surface area contributed by atoms with E-state index in [-0.39, 0.29) is 0 Å². The van der Waals surface area contributed by atoms with E-state index in [0.29, 0.717) is 0 Å². The van der Waals surface area contributed by atoms with Gasteiger partial charge >= 0.3 is 0 Å². The summed E-state index contributed by atoms with van der Waals surface area (Å²) in [7, 11) is 0. The van der Waals surface area contributed by atoms with Gasteiger partial charge in [0.25, 0.3) is 0 Å². The molecule has 0 saturated heterocycles. The quantitative estimate of drug-likeness (QED) is 0.628. The number of nitrogens with zero attached hydrogens (tertiary/aromatic N) is 1. The highest BCUT2D eigenvalue weighted by molar-refractivity contribution is 5.24. The van der Waals surface area contributed by atoms with Gasteiger partial charge in [-0.2, -0.15) is 0 Å². The summed E-state index contributed by atoms with van der Waals surface area (Å²) in [6.07, 6.45) is 4.13. The second-order valence-electron chi connectivity index (χ2n) is 3.37. The molecule has 0 unspecified atom stereocenters. The van der Waals surface area contributed by atoms with Gasteiger partial charge in [0.15, 0.2) is 18.9 Å². The first-order chi connectivity index (χ1) is 6.84. The molecule has 1 aromatic heterocycles. The van der Waals surface area contributed by atoms with Gasteiger partial charge in [-0.05, 0) is 18.6 Å². The molecule has 0 fully saturated rings. The Morgan fingerprint density at radius 1 is 1.00 bits per heavy atom. The van der Waals surface area contributed by atoms with Gasteiger partial charge in [0.2, 0.25) is 0 Å². The predicted molar refractivity (Wildman–Crippen MR) is 56.6 cm³/mol. The zero-order valence-electron chi connectivity index (χ0n) is 8.06. The Morgan fingerprint density at radius 2 is 1.79 bits per heavy atom. The third-order valence-corrected chi connectivity index (χ3v) is 2.13. The standard InChI is InChI=1S/C13H13N/c1-12-6-5-7-13(10-12)11-14-8-3-2-4-9-14/h2-10H,1,11H2/q+1. The van der Waals surface area contributed by atoms with Crippen LogP contribution in [0.25, 0.3) is 0 Å². The molecule has 0 saturated carbocycles. The van der Waals surface area contributed by atoms with E-state index in [2.05, 4.69) is 36.0 Å². The number of aromatic nitrogens is 1. The maximum absolute atomic E-state index is 3.91. The summed E-state index contributed by atoms with van der Waals surface area (Å²) < 4.78 is 2.15. The van der Waals surface area contributed by atoms with Gasteiger partial charge < -0.3 is 0 Å². The van der Waals surface area contributed by atoms with Crippen molar-refractivity contribution in [3.8, 4) is 0 Å². The van der Waals surface area contributed by atoms with Crippen LogP contribution in [-0.4, -0.2) is 0 Å². The summed E-state index contributed by atoms with van der Waals surface area (Å²) in [4.78, 5) is 0. The average Bonchev–Trinajstić information content (AvgIpc) is 2.19. The van der Waals surface area contributed by atoms with Gasteiger partial charge in [0.05, 0.1) is 0 Å². The van der Waals surface area contributed by atoms with Crippen LogP contribution in [0.1, 0.15) is 11.1 Å². The second-order valence-corrected chi connectivity index (χ2v) is 3.37. The zero-order valence-corrected chi connectivity index (χ0v) is 8.06. The van der Waals surface area contributed by atoms with Crippen molar-refractivity contribution in [3.63, 3.8) is 0 Å². The van der Waals surface area contributed by atoms with E-state index in [0.717, 1.165) is 12.1 Å². The molecule has 1 aromatic carbocycles. The molecule has 0 bridgehead atoms. The van der Waals surface area contributed by atoms with E-state index in [9.17, 15) is 0 Å². The smallest absolute Gasteiger partial charge is 0.173 e. The predicted octanol–water partition coefficient (Wildman–Crippen LogP) is 2.20. The number of hydrogen-bond donors (Lipinski definition) is 0. The molecule has 1 radical (unpaired) electrons. The maximum Gasteiger partial charge on any atom is 0.173 e. The molecule has 0 atom stereocenters. The van der Waals surface area contributed by atoms with Crippen LogP contribution >= 0.6 is 0 Å². The zero-order chi connectivity index (χ0) is 9.80. The molecule has 0 aliphatic rings. The van der Waals surface area contributed by atoms with E-state index in [4.69, 9.17) is 0 Å². The third kappa shape index (κ3) is 2.19. The maximum atomic E-state index is 3.91. The molecule has 1 heteroatoms. The molecule has 69 valence electrons. The van der Waals surface area contributed by atoms with E-state index in [1.165, 1.54) is 5.56 Å². The van der Waals surface area contributed by atoms with Crippen molar-refractivity contribution in [2.24, 2.45) is 0 Å². The Balaban J connectivity index is 2.19. The van der Waals surface area contributed by atoms with Crippen LogP contribution in [0.4, 0.5) is 0 Å². The van der Waals surface area contributed by atoms with E-state index >= 15 is 0 Å². The van der Waals surface area contributed by atoms with Crippen molar-refractivity contribution in [3.05, 3.63) is 72.9 Å². The van der Waals surface area contributed by atoms with Crippen LogP contribution in [0.15, 0.2) is 54.9 Å². The molecular formula is C13H13N+. The molecule has 14 heavy (non-hydrogen) atoms. The number of rotatable bonds is 2. The van der Waals surface area contributed by atoms with Gasteiger partial charge in [-0.3, -0.25) is 0 Å². The lowest BCUT2D eigenvalue weighted by molar-refractivity contribution is -0.688. The summed E-state index contributed by atoms with van der Waals surface area (Å²) in [5, 5.41) is 0. The fraction of sp³-hybridized carbons (Fsp3) is 0.0769. The summed E-state index contributed by atoms with van der Waals surface area (Å²) in [5.74, 6) is 0. The molecule has 1 heterocycles. The molecule has 0 amide bonds. The number of benzene rings is 1. The Morgan fingerprint density at radius 3 is 2.50 bits per heavy atom. The third-order valence-electron chi connectivity index (χ3n) is 2.13. The van der Waals surface area contributed by atoms with Gasteiger partial charge in [-0.15, -0.1) is 0 Å². The van der Waals surface area contributed by atoms with E-state index in [1.807, 2.05) is 30.3 Å². The van der Waals surface area contributed by atoms with Crippen molar-refractivity contribution in [1.82, 2.24) is 0 Å². The number of pyridine rings is 1. The molecule has 1 nitrogen and oxygen atoms in total. The molecule has 0 N–H and O–H groups in total. The minimum Gasteiger partial charge on any atom is -0.201 e. The van der Waals surface area contributed by atoms with Crippen LogP contribution in [0.3, 0.4) is 0 Å². The van der Waals surface area contributed by atoms with Crippen molar-refractivity contribution < 1.29 is 4.57 Å². The first kappa shape index (κ1) is 8.95. The Labute approximate surface area is 84.6 Å². The summed E-state index contributed by atoms with van der Waals surface area (Å²) in [6.45, 7) is 4.82. The largest absolute Gasteiger partial charge is 0.201 e. The fourth-order valence-corrected chi connectivity index (χ4v) is 1.48. The molecule has 0 aliphatic heterocycles. The molecule has 0 spiro atoms. The van der Waals surface area contributed by atoms with Gasteiger partial charge in [0.1, 0.15) is 0 Å². The average molecular weight is 183 g/mol. The molecule has 2 aromatic rings. The SMILES string of the molecule is [CH2]c1cccc(C[n+]2ccccc2)c1. The van der Waals surface area contributed by atoms with Crippen molar-refractivity contribution in [2.75, 3.05) is 0 Å². The minimum absolute atomic E-state index is 0.907. The summed E-state index contributed by atoms with van der Waals surface area (Å²) in [5.41, 5.74) is 2.35. The van der Waals surface area contributed by atoms with Crippen molar-refractivity contribution in [1.29, 1.82) is 0 Å². The highest BCUT2D eigenvalue weighted by atomic mass is 14.9. The number of hydrogen-bond acceptors (Lipinski definition) is 0. The monoisotopic (exact) mass is 183 g/mol. The molecular weight excluding hydrogens is 170 g/mol. The van der Waals surface area contributed by atoms with Crippen molar-refractivity contribution in [2.45, 2.75) is 6.54 Å². The summed E-state index contributed by atoms with van der Waals surface area (Å²) >= 11 is 0. The minimum atomic E-state index is 0.907. The van der Waals surface area contributed by atoms with Gasteiger partial charge in [-0.1, -0.05) is 24.3 Å². The topological polar surface area (TPSA) is 3.88 Å². The van der Waals surface area contributed by atoms with Crippen LogP contribution in [0.2, 0.25) is 0 Å². The molecule has 0 aliphatic carbocycles. The highest BCUT2D eigenvalue weighted by Crippen LogP contribution is 2.02. The Bertz CT molecular complexity index is 407. The van der Waals surface area contributed by atoms with Crippen LogP contribution in [0.5, 0.6) is 0 Å². The normalized spacial score (nSPS) is 10.1. The van der Waals surface area contributed by atoms with Crippen LogP contribution in [0, 0.1) is 6.92 Å². The lowest BCUT2D eigenvalue weighted by atomic mass is 10.1. The first-order valence-electron chi connectivity index (χ1n) is 4.69. The van der Waals surface area contributed by atoms with Gasteiger partial charge in [0, 0.05) is 17.7 Å². The van der Waals surface area contributed by atoms with E-state index in [1.54, 1.807) is 0 Å². The first-order valence-corrected chi connectivity index (χ1v) is 4.69. The molecule has 2 rings (SSSR count). The highest BCUT2D eigenvalue weighted by Gasteiger charge is 2.00. The van der Waals surface area contributed by atoms with Crippen molar-refractivity contribution >= 4 is 0 Å². The second kappa shape index (κ2) is 4.05. The fourth-order valence-electron chi connectivity index (χ4n) is 1.48. The Hall–Kier alpha value is -1.63. The van der Waals surface area contributed by atoms with Crippen LogP contribution < -0.4 is 4.57 Å². The van der Waals surface area contributed by atoms with Crippen LogP contribution in [-0.2, 0) is 6.54 Å². The Kier molecular flexibility index (Phi) is 2.59. The lowest BCUT2D eigenvalue weighted by Gasteiger charge is -1.98. The summed E-state index contributed by atoms with van der Waals surface area (Å²) in [6, 6.07) is 14.4.